The minimum atomic E-state index is -1.25. The van der Waals surface area contributed by atoms with Crippen molar-refractivity contribution in [1.82, 2.24) is 10.6 Å². The fourth-order valence-corrected chi connectivity index (χ4v) is 2.71. The summed E-state index contributed by atoms with van der Waals surface area (Å²) in [5.74, 6) is -1.37. The van der Waals surface area contributed by atoms with Gasteiger partial charge in [-0.2, -0.15) is 0 Å². The first kappa shape index (κ1) is 18.1. The molecule has 27 heavy (non-hydrogen) atoms. The fourth-order valence-electron chi connectivity index (χ4n) is 2.71. The average molecular weight is 362 g/mol. The van der Waals surface area contributed by atoms with Gasteiger partial charge in [0.05, 0.1) is 5.56 Å². The van der Waals surface area contributed by atoms with Crippen LogP contribution in [-0.4, -0.2) is 25.0 Å². The topological polar surface area (TPSA) is 84.5 Å². The Morgan fingerprint density at radius 3 is 2.26 bits per heavy atom. The van der Waals surface area contributed by atoms with Crippen LogP contribution in [0.15, 0.2) is 72.8 Å². The van der Waals surface area contributed by atoms with Crippen LogP contribution in [0.4, 0.5) is 4.79 Å². The van der Waals surface area contributed by atoms with Crippen LogP contribution in [0.3, 0.4) is 0 Å². The number of hydrogen-bond donors (Lipinski definition) is 2. The lowest BCUT2D eigenvalue weighted by Gasteiger charge is -2.18. The number of ether oxygens (including phenoxy) is 1. The van der Waals surface area contributed by atoms with Crippen LogP contribution in [0, 0.1) is 0 Å². The van der Waals surface area contributed by atoms with E-state index in [-0.39, 0.29) is 0 Å². The van der Waals surface area contributed by atoms with Crippen LogP contribution in [0.5, 0.6) is 0 Å². The smallest absolute Gasteiger partial charge is 0.339 e. The molecule has 0 bridgehead atoms. The van der Waals surface area contributed by atoms with E-state index in [9.17, 15) is 14.4 Å². The Kier molecular flexibility index (Phi) is 5.47. The second-order valence-electron chi connectivity index (χ2n) is 5.79. The normalized spacial score (nSPS) is 11.4. The van der Waals surface area contributed by atoms with E-state index in [1.165, 1.54) is 7.05 Å². The standard InChI is InChI=1S/C21H18N2O4/c1-22-21(26)23-19(24)18(15-9-3-2-4-10-15)27-20(25)17-13-7-11-14-8-5-6-12-16(14)17/h2-13,18H,1H3,(H2,22,23,24,26)/t18-/m1/s1. The number of hydrogen-bond acceptors (Lipinski definition) is 4. The lowest BCUT2D eigenvalue weighted by atomic mass is 10.0. The molecule has 3 amide bonds. The van der Waals surface area contributed by atoms with Gasteiger partial charge in [-0.15, -0.1) is 0 Å². The number of carbonyl (C=O) groups is 3. The monoisotopic (exact) mass is 362 g/mol. The zero-order valence-corrected chi connectivity index (χ0v) is 14.6. The highest BCUT2D eigenvalue weighted by molar-refractivity contribution is 6.06. The number of benzene rings is 3. The van der Waals surface area contributed by atoms with E-state index < -0.39 is 24.0 Å². The Balaban J connectivity index is 1.92. The molecule has 3 rings (SSSR count). The van der Waals surface area contributed by atoms with Gasteiger partial charge in [0.2, 0.25) is 6.10 Å². The van der Waals surface area contributed by atoms with E-state index in [0.717, 1.165) is 10.8 Å². The molecule has 0 spiro atoms. The number of imide groups is 1. The molecule has 1 atom stereocenters. The van der Waals surface area contributed by atoms with Crippen LogP contribution < -0.4 is 10.6 Å². The zero-order valence-electron chi connectivity index (χ0n) is 14.6. The number of nitrogens with one attached hydrogen (secondary N) is 2. The number of amides is 3. The minimum absolute atomic E-state index is 0.349. The summed E-state index contributed by atoms with van der Waals surface area (Å²) in [6.07, 6.45) is -1.25. The Bertz CT molecular complexity index is 980. The molecular formula is C21H18N2O4. The molecule has 0 heterocycles. The summed E-state index contributed by atoms with van der Waals surface area (Å²) in [6.45, 7) is 0. The lowest BCUT2D eigenvalue weighted by Crippen LogP contribution is -2.41. The van der Waals surface area contributed by atoms with E-state index in [1.807, 2.05) is 30.3 Å². The maximum absolute atomic E-state index is 12.8. The van der Waals surface area contributed by atoms with Gasteiger partial charge in [0.15, 0.2) is 0 Å². The molecule has 0 aliphatic heterocycles. The molecule has 136 valence electrons. The average Bonchev–Trinajstić information content (AvgIpc) is 2.71. The van der Waals surface area contributed by atoms with Crippen molar-refractivity contribution >= 4 is 28.7 Å². The van der Waals surface area contributed by atoms with Gasteiger partial charge in [0.1, 0.15) is 0 Å². The van der Waals surface area contributed by atoms with Crippen molar-refractivity contribution in [3.8, 4) is 0 Å². The Labute approximate surface area is 156 Å². The van der Waals surface area contributed by atoms with Crippen LogP contribution in [0.2, 0.25) is 0 Å². The number of rotatable bonds is 4. The highest BCUT2D eigenvalue weighted by atomic mass is 16.5. The molecule has 0 radical (unpaired) electrons. The van der Waals surface area contributed by atoms with Gasteiger partial charge in [0.25, 0.3) is 5.91 Å². The van der Waals surface area contributed by atoms with E-state index in [0.29, 0.717) is 11.1 Å². The van der Waals surface area contributed by atoms with Gasteiger partial charge in [-0.1, -0.05) is 66.7 Å². The Morgan fingerprint density at radius 1 is 0.852 bits per heavy atom. The first-order valence-corrected chi connectivity index (χ1v) is 8.36. The zero-order chi connectivity index (χ0) is 19.2. The molecule has 3 aromatic carbocycles. The number of carbonyl (C=O) groups excluding carboxylic acids is 3. The number of esters is 1. The highest BCUT2D eigenvalue weighted by Gasteiger charge is 2.27. The van der Waals surface area contributed by atoms with E-state index in [1.54, 1.807) is 42.5 Å². The first-order chi connectivity index (χ1) is 13.1. The highest BCUT2D eigenvalue weighted by Crippen LogP contribution is 2.23. The second-order valence-corrected chi connectivity index (χ2v) is 5.79. The van der Waals surface area contributed by atoms with Crippen molar-refractivity contribution in [2.24, 2.45) is 0 Å². The Morgan fingerprint density at radius 2 is 1.52 bits per heavy atom. The van der Waals surface area contributed by atoms with Gasteiger partial charge in [-0.3, -0.25) is 10.1 Å². The quantitative estimate of drug-likeness (QED) is 0.698. The number of urea groups is 1. The van der Waals surface area contributed by atoms with Crippen LogP contribution in [0.1, 0.15) is 22.0 Å². The predicted molar refractivity (Wildman–Crippen MR) is 101 cm³/mol. The van der Waals surface area contributed by atoms with E-state index in [2.05, 4.69) is 10.6 Å². The maximum Gasteiger partial charge on any atom is 0.339 e. The SMILES string of the molecule is CNC(=O)NC(=O)[C@H](OC(=O)c1cccc2ccccc12)c1ccccc1. The molecule has 2 N–H and O–H groups in total. The lowest BCUT2D eigenvalue weighted by molar-refractivity contribution is -0.129. The van der Waals surface area contributed by atoms with Crippen molar-refractivity contribution in [2.75, 3.05) is 7.05 Å². The van der Waals surface area contributed by atoms with Crippen molar-refractivity contribution in [2.45, 2.75) is 6.10 Å². The predicted octanol–water partition coefficient (Wildman–Crippen LogP) is 3.19. The van der Waals surface area contributed by atoms with E-state index in [4.69, 9.17) is 4.74 Å². The molecule has 0 saturated carbocycles. The maximum atomic E-state index is 12.8. The molecule has 0 aliphatic carbocycles. The molecule has 6 nitrogen and oxygen atoms in total. The fraction of sp³-hybridized carbons (Fsp3) is 0.0952. The summed E-state index contributed by atoms with van der Waals surface area (Å²) in [5.41, 5.74) is 0.814. The van der Waals surface area contributed by atoms with Crippen molar-refractivity contribution < 1.29 is 19.1 Å². The summed E-state index contributed by atoms with van der Waals surface area (Å²) in [4.78, 5) is 36.8. The Hall–Kier alpha value is -3.67. The number of fused-ring (bicyclic) bond motifs is 1. The van der Waals surface area contributed by atoms with Crippen molar-refractivity contribution in [1.29, 1.82) is 0 Å². The minimum Gasteiger partial charge on any atom is -0.444 e. The third-order valence-electron chi connectivity index (χ3n) is 4.04. The van der Waals surface area contributed by atoms with Crippen LogP contribution >= 0.6 is 0 Å². The third kappa shape index (κ3) is 4.12. The van der Waals surface area contributed by atoms with Gasteiger partial charge >= 0.3 is 12.0 Å². The van der Waals surface area contributed by atoms with Crippen LogP contribution in [-0.2, 0) is 9.53 Å². The van der Waals surface area contributed by atoms with Gasteiger partial charge in [-0.05, 0) is 16.8 Å². The van der Waals surface area contributed by atoms with Gasteiger partial charge in [0, 0.05) is 12.6 Å². The first-order valence-electron chi connectivity index (χ1n) is 8.36. The van der Waals surface area contributed by atoms with Crippen molar-refractivity contribution in [3.63, 3.8) is 0 Å². The summed E-state index contributed by atoms with van der Waals surface area (Å²) in [6, 6.07) is 20.5. The summed E-state index contributed by atoms with van der Waals surface area (Å²) in [7, 11) is 1.39. The second kappa shape index (κ2) is 8.14. The molecule has 0 aromatic heterocycles. The summed E-state index contributed by atoms with van der Waals surface area (Å²) in [5, 5.41) is 6.07. The summed E-state index contributed by atoms with van der Waals surface area (Å²) >= 11 is 0. The molecule has 6 heteroatoms. The molecule has 3 aromatic rings. The van der Waals surface area contributed by atoms with Gasteiger partial charge in [-0.25, -0.2) is 9.59 Å². The van der Waals surface area contributed by atoms with Gasteiger partial charge < -0.3 is 10.1 Å². The molecule has 0 aliphatic rings. The molecular weight excluding hydrogens is 344 g/mol. The largest absolute Gasteiger partial charge is 0.444 e. The summed E-state index contributed by atoms with van der Waals surface area (Å²) < 4.78 is 5.51. The molecule has 0 fully saturated rings. The van der Waals surface area contributed by atoms with E-state index >= 15 is 0 Å². The molecule has 0 saturated heterocycles. The molecule has 0 unspecified atom stereocenters. The van der Waals surface area contributed by atoms with Crippen LogP contribution in [0.25, 0.3) is 10.8 Å². The van der Waals surface area contributed by atoms with Crippen molar-refractivity contribution in [3.05, 3.63) is 83.9 Å². The third-order valence-corrected chi connectivity index (χ3v) is 4.04.